The van der Waals surface area contributed by atoms with E-state index in [-0.39, 0.29) is 0 Å². The van der Waals surface area contributed by atoms with Gasteiger partial charge >= 0.3 is 0 Å². The summed E-state index contributed by atoms with van der Waals surface area (Å²) in [6.07, 6.45) is 4.34. The van der Waals surface area contributed by atoms with Crippen LogP contribution in [-0.2, 0) is 0 Å². The molecule has 1 aromatic rings. The highest BCUT2D eigenvalue weighted by Crippen LogP contribution is 2.69. The standard InChI is InChI=1S/C15H19N3/c16-18-15(17-11-4-2-1-3-5-11)14-12-9-6-7-10(8-9)13(12)14/h1-5,9-10,12-14H,6-8,16H2,(H,17,18). The van der Waals surface area contributed by atoms with Gasteiger partial charge in [-0.1, -0.05) is 18.2 Å². The molecule has 3 fully saturated rings. The van der Waals surface area contributed by atoms with Gasteiger partial charge < -0.3 is 5.43 Å². The van der Waals surface area contributed by atoms with E-state index in [0.717, 1.165) is 35.2 Å². The maximum Gasteiger partial charge on any atom is 0.120 e. The van der Waals surface area contributed by atoms with E-state index in [1.807, 2.05) is 30.3 Å². The van der Waals surface area contributed by atoms with Crippen LogP contribution in [-0.4, -0.2) is 5.84 Å². The van der Waals surface area contributed by atoms with Gasteiger partial charge in [-0.05, 0) is 55.1 Å². The van der Waals surface area contributed by atoms with E-state index in [4.69, 9.17) is 10.8 Å². The van der Waals surface area contributed by atoms with Gasteiger partial charge in [0.15, 0.2) is 0 Å². The number of aliphatic imine (C=N–C) groups is 1. The number of nitrogens with zero attached hydrogens (tertiary/aromatic N) is 1. The number of rotatable bonds is 2. The molecule has 0 spiro atoms. The summed E-state index contributed by atoms with van der Waals surface area (Å²) in [5, 5.41) is 0. The maximum atomic E-state index is 5.70. The van der Waals surface area contributed by atoms with Gasteiger partial charge in [0.25, 0.3) is 0 Å². The molecule has 0 aromatic heterocycles. The van der Waals surface area contributed by atoms with Crippen molar-refractivity contribution in [3.05, 3.63) is 30.3 Å². The fourth-order valence-electron chi connectivity index (χ4n) is 4.54. The van der Waals surface area contributed by atoms with Gasteiger partial charge in [0.2, 0.25) is 0 Å². The number of hydrogen-bond acceptors (Lipinski definition) is 2. The van der Waals surface area contributed by atoms with Crippen LogP contribution in [0.3, 0.4) is 0 Å². The summed E-state index contributed by atoms with van der Waals surface area (Å²) in [6, 6.07) is 10.1. The van der Waals surface area contributed by atoms with Crippen LogP contribution < -0.4 is 11.3 Å². The summed E-state index contributed by atoms with van der Waals surface area (Å²) in [7, 11) is 0. The predicted molar refractivity (Wildman–Crippen MR) is 72.2 cm³/mol. The van der Waals surface area contributed by atoms with E-state index in [1.54, 1.807) is 0 Å². The van der Waals surface area contributed by atoms with E-state index < -0.39 is 0 Å². The Hall–Kier alpha value is -1.35. The summed E-state index contributed by atoms with van der Waals surface area (Å²) in [4.78, 5) is 4.70. The summed E-state index contributed by atoms with van der Waals surface area (Å²) >= 11 is 0. The van der Waals surface area contributed by atoms with Crippen LogP contribution in [0, 0.1) is 29.6 Å². The number of nitrogens with two attached hydrogens (primary N) is 1. The minimum absolute atomic E-state index is 0.612. The lowest BCUT2D eigenvalue weighted by Crippen LogP contribution is -2.33. The zero-order chi connectivity index (χ0) is 12.1. The van der Waals surface area contributed by atoms with E-state index in [9.17, 15) is 0 Å². The minimum atomic E-state index is 0.612. The minimum Gasteiger partial charge on any atom is -0.312 e. The van der Waals surface area contributed by atoms with Crippen molar-refractivity contribution in [2.24, 2.45) is 40.4 Å². The Morgan fingerprint density at radius 2 is 1.78 bits per heavy atom. The molecule has 3 nitrogen and oxygen atoms in total. The first-order valence-corrected chi connectivity index (χ1v) is 6.98. The van der Waals surface area contributed by atoms with Gasteiger partial charge in [-0.3, -0.25) is 0 Å². The molecule has 3 aliphatic carbocycles. The molecule has 2 bridgehead atoms. The second-order valence-corrected chi connectivity index (χ2v) is 5.99. The Bertz CT molecular complexity index is 466. The van der Waals surface area contributed by atoms with E-state index in [2.05, 4.69) is 5.43 Å². The maximum absolute atomic E-state index is 5.70. The molecule has 0 amide bonds. The number of para-hydroxylation sites is 1. The quantitative estimate of drug-likeness (QED) is 0.362. The molecule has 4 unspecified atom stereocenters. The zero-order valence-electron chi connectivity index (χ0n) is 10.4. The third kappa shape index (κ3) is 1.43. The first-order chi connectivity index (χ1) is 8.88. The molecular weight excluding hydrogens is 222 g/mol. The van der Waals surface area contributed by atoms with Crippen LogP contribution in [0.25, 0.3) is 0 Å². The van der Waals surface area contributed by atoms with Crippen molar-refractivity contribution in [3.8, 4) is 0 Å². The Labute approximate surface area is 107 Å². The first-order valence-electron chi connectivity index (χ1n) is 6.98. The van der Waals surface area contributed by atoms with Crippen molar-refractivity contribution in [2.45, 2.75) is 19.3 Å². The molecule has 1 aromatic carbocycles. The van der Waals surface area contributed by atoms with Crippen LogP contribution in [0.5, 0.6) is 0 Å². The molecule has 0 radical (unpaired) electrons. The van der Waals surface area contributed by atoms with Gasteiger partial charge in [-0.25, -0.2) is 10.8 Å². The van der Waals surface area contributed by atoms with Crippen molar-refractivity contribution < 1.29 is 0 Å². The lowest BCUT2D eigenvalue weighted by Gasteiger charge is -2.11. The van der Waals surface area contributed by atoms with E-state index in [1.165, 1.54) is 19.3 Å². The van der Waals surface area contributed by atoms with Crippen LogP contribution >= 0.6 is 0 Å². The third-order valence-electron chi connectivity index (χ3n) is 5.20. The average Bonchev–Trinajstić information content (AvgIpc) is 2.84. The molecule has 3 saturated carbocycles. The predicted octanol–water partition coefficient (Wildman–Crippen LogP) is 2.47. The summed E-state index contributed by atoms with van der Waals surface area (Å²) in [5.74, 6) is 11.0. The monoisotopic (exact) mass is 241 g/mol. The Kier molecular flexibility index (Phi) is 2.24. The van der Waals surface area contributed by atoms with Crippen LogP contribution in [0.4, 0.5) is 5.69 Å². The van der Waals surface area contributed by atoms with Crippen LogP contribution in [0.2, 0.25) is 0 Å². The number of nitrogens with one attached hydrogen (secondary N) is 1. The zero-order valence-corrected chi connectivity index (χ0v) is 10.4. The SMILES string of the molecule is NNC(=Nc1ccccc1)C1C2C3CCC(C3)C12. The fraction of sp³-hybridized carbons (Fsp3) is 0.533. The number of hydrogen-bond donors (Lipinski definition) is 2. The summed E-state index contributed by atoms with van der Waals surface area (Å²) in [5.41, 5.74) is 3.86. The Morgan fingerprint density at radius 1 is 1.11 bits per heavy atom. The molecule has 0 saturated heterocycles. The molecule has 94 valence electrons. The molecule has 3 heteroatoms. The van der Waals surface area contributed by atoms with Crippen molar-refractivity contribution in [3.63, 3.8) is 0 Å². The first kappa shape index (κ1) is 10.6. The molecule has 4 atom stereocenters. The van der Waals surface area contributed by atoms with E-state index >= 15 is 0 Å². The third-order valence-corrected chi connectivity index (χ3v) is 5.20. The van der Waals surface area contributed by atoms with E-state index in [0.29, 0.717) is 5.92 Å². The average molecular weight is 241 g/mol. The molecule has 0 aliphatic heterocycles. The van der Waals surface area contributed by atoms with Crippen molar-refractivity contribution >= 4 is 11.5 Å². The van der Waals surface area contributed by atoms with Gasteiger partial charge in [-0.2, -0.15) is 0 Å². The highest BCUT2D eigenvalue weighted by molar-refractivity contribution is 5.89. The molecule has 3 aliphatic rings. The molecule has 0 heterocycles. The normalized spacial score (nSPS) is 40.7. The van der Waals surface area contributed by atoms with Gasteiger partial charge in [0.1, 0.15) is 5.84 Å². The second-order valence-electron chi connectivity index (χ2n) is 5.99. The van der Waals surface area contributed by atoms with Gasteiger partial charge in [0.05, 0.1) is 5.69 Å². The van der Waals surface area contributed by atoms with Crippen molar-refractivity contribution in [1.82, 2.24) is 5.43 Å². The summed E-state index contributed by atoms with van der Waals surface area (Å²) in [6.45, 7) is 0. The molecule has 4 rings (SSSR count). The topological polar surface area (TPSA) is 50.4 Å². The molecular formula is C15H19N3. The Balaban J connectivity index is 1.59. The van der Waals surface area contributed by atoms with Crippen molar-refractivity contribution in [2.75, 3.05) is 0 Å². The van der Waals surface area contributed by atoms with Gasteiger partial charge in [0, 0.05) is 5.92 Å². The van der Waals surface area contributed by atoms with Crippen LogP contribution in [0.15, 0.2) is 35.3 Å². The molecule has 18 heavy (non-hydrogen) atoms. The number of benzene rings is 1. The second kappa shape index (κ2) is 3.82. The van der Waals surface area contributed by atoms with Gasteiger partial charge in [-0.15, -0.1) is 0 Å². The van der Waals surface area contributed by atoms with Crippen molar-refractivity contribution in [1.29, 1.82) is 0 Å². The highest BCUT2D eigenvalue weighted by atomic mass is 15.3. The molecule has 3 N–H and O–H groups in total. The number of amidine groups is 1. The number of hydrazine groups is 1. The Morgan fingerprint density at radius 3 is 2.39 bits per heavy atom. The lowest BCUT2D eigenvalue weighted by molar-refractivity contribution is 0.456. The lowest BCUT2D eigenvalue weighted by atomic mass is 10.0. The smallest absolute Gasteiger partial charge is 0.120 e. The summed E-state index contributed by atoms with van der Waals surface area (Å²) < 4.78 is 0. The van der Waals surface area contributed by atoms with Crippen LogP contribution in [0.1, 0.15) is 19.3 Å². The number of fused-ring (bicyclic) bond motifs is 5. The fourth-order valence-corrected chi connectivity index (χ4v) is 4.54. The highest BCUT2D eigenvalue weighted by Gasteiger charge is 2.66. The largest absolute Gasteiger partial charge is 0.312 e.